The van der Waals surface area contributed by atoms with E-state index in [1.165, 1.54) is 54.4 Å². The fourth-order valence-electron chi connectivity index (χ4n) is 5.86. The Morgan fingerprint density at radius 2 is 1.56 bits per heavy atom. The molecule has 0 N–H and O–H groups in total. The Labute approximate surface area is 195 Å². The molecule has 1 fully saturated rings. The molecule has 1 aromatic carbocycles. The number of carbonyl (C=O) groups is 2. The van der Waals surface area contributed by atoms with E-state index in [1.54, 1.807) is 0 Å². The van der Waals surface area contributed by atoms with Gasteiger partial charge in [0, 0.05) is 17.9 Å². The molecule has 2 heteroatoms. The van der Waals surface area contributed by atoms with Gasteiger partial charge in [0.15, 0.2) is 5.78 Å². The Morgan fingerprint density at radius 1 is 0.875 bits per heavy atom. The maximum atomic E-state index is 13.6. The van der Waals surface area contributed by atoms with Crippen LogP contribution in [0.15, 0.2) is 47.1 Å². The summed E-state index contributed by atoms with van der Waals surface area (Å²) in [5.74, 6) is 0.788. The lowest BCUT2D eigenvalue weighted by Gasteiger charge is -2.33. The predicted octanol–water partition coefficient (Wildman–Crippen LogP) is 7.74. The maximum Gasteiger partial charge on any atom is 0.169 e. The highest BCUT2D eigenvalue weighted by molar-refractivity contribution is 6.12. The second-order valence-electron chi connectivity index (χ2n) is 9.74. The first-order valence-electron chi connectivity index (χ1n) is 13.1. The van der Waals surface area contributed by atoms with Gasteiger partial charge in [0.2, 0.25) is 0 Å². The van der Waals surface area contributed by atoms with Crippen LogP contribution in [0.1, 0.15) is 96.1 Å². The van der Waals surface area contributed by atoms with E-state index in [0.717, 1.165) is 37.2 Å². The number of Topliss-reactive ketones (excluding diaryl/α,β-unsaturated/α-hetero) is 2. The largest absolute Gasteiger partial charge is 0.299 e. The average Bonchev–Trinajstić information content (AvgIpc) is 2.94. The summed E-state index contributed by atoms with van der Waals surface area (Å²) < 4.78 is 0. The van der Waals surface area contributed by atoms with Gasteiger partial charge in [-0.2, -0.15) is 0 Å². The molecule has 4 rings (SSSR count). The molecular weight excluding hydrogens is 392 g/mol. The fourth-order valence-corrected chi connectivity index (χ4v) is 5.86. The van der Waals surface area contributed by atoms with Crippen molar-refractivity contribution in [3.63, 3.8) is 0 Å². The quantitative estimate of drug-likeness (QED) is 0.351. The highest BCUT2D eigenvalue weighted by Crippen LogP contribution is 2.43. The molecule has 0 aliphatic heterocycles. The first-order chi connectivity index (χ1) is 15.6. The van der Waals surface area contributed by atoms with Crippen molar-refractivity contribution >= 4 is 11.6 Å². The Morgan fingerprint density at radius 3 is 2.22 bits per heavy atom. The summed E-state index contributed by atoms with van der Waals surface area (Å²) in [6, 6.07) is 8.77. The average molecular weight is 435 g/mol. The smallest absolute Gasteiger partial charge is 0.169 e. The number of hydrogen-bond acceptors (Lipinski definition) is 2. The third-order valence-electron chi connectivity index (χ3n) is 7.65. The molecule has 0 spiro atoms. The fraction of sp³-hybridized carbons (Fsp3) is 0.600. The van der Waals surface area contributed by atoms with Gasteiger partial charge in [-0.25, -0.2) is 0 Å². The molecule has 32 heavy (non-hydrogen) atoms. The minimum Gasteiger partial charge on any atom is -0.299 e. The molecule has 0 amide bonds. The van der Waals surface area contributed by atoms with Gasteiger partial charge < -0.3 is 0 Å². The molecule has 0 saturated heterocycles. The van der Waals surface area contributed by atoms with Crippen LogP contribution >= 0.6 is 0 Å². The number of aryl methyl sites for hydroxylation is 1. The summed E-state index contributed by atoms with van der Waals surface area (Å²) in [6.45, 7) is 8.11. The lowest BCUT2D eigenvalue weighted by atomic mass is 9.71. The zero-order chi connectivity index (χ0) is 23.1. The summed E-state index contributed by atoms with van der Waals surface area (Å²) >= 11 is 0. The Hall–Kier alpha value is -1.96. The van der Waals surface area contributed by atoms with Crippen molar-refractivity contribution in [3.05, 3.63) is 58.2 Å². The maximum absolute atomic E-state index is 13.6. The van der Waals surface area contributed by atoms with Gasteiger partial charge in [0.25, 0.3) is 0 Å². The van der Waals surface area contributed by atoms with Crippen LogP contribution in [-0.4, -0.2) is 11.6 Å². The van der Waals surface area contributed by atoms with Crippen LogP contribution in [0, 0.1) is 24.7 Å². The van der Waals surface area contributed by atoms with E-state index in [-0.39, 0.29) is 17.5 Å². The highest BCUT2D eigenvalue weighted by atomic mass is 16.2. The normalized spacial score (nSPS) is 24.3. The molecule has 2 unspecified atom stereocenters. The molecule has 0 aromatic heterocycles. The second-order valence-corrected chi connectivity index (χ2v) is 9.74. The summed E-state index contributed by atoms with van der Waals surface area (Å²) in [7, 11) is 0. The Balaban J connectivity index is 0.00000141. The Kier molecular flexibility index (Phi) is 9.08. The van der Waals surface area contributed by atoms with Crippen LogP contribution < -0.4 is 0 Å². The van der Waals surface area contributed by atoms with Gasteiger partial charge in [-0.05, 0) is 50.5 Å². The summed E-state index contributed by atoms with van der Waals surface area (Å²) in [5, 5.41) is 0. The molecule has 2 atom stereocenters. The molecule has 0 bridgehead atoms. The summed E-state index contributed by atoms with van der Waals surface area (Å²) in [4.78, 5) is 26.2. The van der Waals surface area contributed by atoms with E-state index >= 15 is 0 Å². The van der Waals surface area contributed by atoms with Crippen LogP contribution in [0.3, 0.4) is 0 Å². The Bertz CT molecular complexity index is 849. The van der Waals surface area contributed by atoms with Crippen LogP contribution in [-0.2, 0) is 16.0 Å². The third-order valence-corrected chi connectivity index (χ3v) is 7.65. The van der Waals surface area contributed by atoms with Crippen LogP contribution in [0.25, 0.3) is 0 Å². The number of hydrogen-bond donors (Lipinski definition) is 0. The first kappa shape index (κ1) is 24.7. The number of allylic oxidation sites excluding steroid dienone is 4. The third kappa shape index (κ3) is 5.69. The van der Waals surface area contributed by atoms with E-state index in [1.807, 2.05) is 20.8 Å². The van der Waals surface area contributed by atoms with Gasteiger partial charge in [-0.3, -0.25) is 9.59 Å². The van der Waals surface area contributed by atoms with Gasteiger partial charge in [-0.1, -0.05) is 99.9 Å². The molecule has 1 aromatic rings. The van der Waals surface area contributed by atoms with Crippen molar-refractivity contribution in [2.45, 2.75) is 98.3 Å². The van der Waals surface area contributed by atoms with Gasteiger partial charge in [0.05, 0.1) is 5.92 Å². The van der Waals surface area contributed by atoms with Crippen LogP contribution in [0.4, 0.5) is 0 Å². The molecule has 2 nitrogen and oxygen atoms in total. The molecule has 1 saturated carbocycles. The minimum absolute atomic E-state index is 0.140. The number of benzene rings is 1. The van der Waals surface area contributed by atoms with Gasteiger partial charge in [0.1, 0.15) is 5.78 Å². The molecular formula is C30H42O2. The lowest BCUT2D eigenvalue weighted by Crippen LogP contribution is -2.29. The van der Waals surface area contributed by atoms with Gasteiger partial charge >= 0.3 is 0 Å². The number of ketones is 2. The summed E-state index contributed by atoms with van der Waals surface area (Å²) in [6.07, 6.45) is 14.0. The topological polar surface area (TPSA) is 34.1 Å². The van der Waals surface area contributed by atoms with Crippen molar-refractivity contribution < 1.29 is 9.59 Å². The van der Waals surface area contributed by atoms with Crippen molar-refractivity contribution in [1.29, 1.82) is 0 Å². The predicted molar refractivity (Wildman–Crippen MR) is 134 cm³/mol. The van der Waals surface area contributed by atoms with Gasteiger partial charge in [-0.15, -0.1) is 0 Å². The van der Waals surface area contributed by atoms with E-state index in [2.05, 4.69) is 37.3 Å². The molecule has 0 radical (unpaired) electrons. The van der Waals surface area contributed by atoms with E-state index in [4.69, 9.17) is 0 Å². The SMILES string of the molecule is CC.CCC1C(=O)CCC2=C(C1=O)C(Cc1ccc(C)cc1)C(CC1CCCCC1)=CC2. The second kappa shape index (κ2) is 11.8. The van der Waals surface area contributed by atoms with Crippen LogP contribution in [0.2, 0.25) is 0 Å². The zero-order valence-corrected chi connectivity index (χ0v) is 20.7. The van der Waals surface area contributed by atoms with E-state index in [9.17, 15) is 9.59 Å². The monoisotopic (exact) mass is 434 g/mol. The minimum atomic E-state index is -0.424. The molecule has 174 valence electrons. The molecule has 3 aliphatic carbocycles. The zero-order valence-electron chi connectivity index (χ0n) is 20.7. The van der Waals surface area contributed by atoms with Crippen molar-refractivity contribution in [2.75, 3.05) is 0 Å². The first-order valence-corrected chi connectivity index (χ1v) is 13.1. The standard InChI is InChI=1S/C28H36O2.C2H6/c1-3-24-26(29)16-15-22-13-14-23(17-20-7-5-4-6-8-20)25(27(22)28(24)30)18-21-11-9-19(2)10-12-21;1-2/h9-12,14,20,24-25H,3-8,13,15-18H2,1-2H3;1-2H3. The van der Waals surface area contributed by atoms with E-state index in [0.29, 0.717) is 12.8 Å². The van der Waals surface area contributed by atoms with Crippen molar-refractivity contribution in [3.8, 4) is 0 Å². The lowest BCUT2D eigenvalue weighted by molar-refractivity contribution is -0.130. The van der Waals surface area contributed by atoms with Crippen LogP contribution in [0.5, 0.6) is 0 Å². The van der Waals surface area contributed by atoms with Crippen molar-refractivity contribution in [2.24, 2.45) is 17.8 Å². The molecule has 3 aliphatic rings. The van der Waals surface area contributed by atoms with E-state index < -0.39 is 5.92 Å². The number of rotatable bonds is 5. The number of carbonyl (C=O) groups excluding carboxylic acids is 2. The molecule has 0 heterocycles. The summed E-state index contributed by atoms with van der Waals surface area (Å²) in [5.41, 5.74) is 6.29. The highest BCUT2D eigenvalue weighted by Gasteiger charge is 2.38. The van der Waals surface area contributed by atoms with Crippen molar-refractivity contribution in [1.82, 2.24) is 0 Å².